The first kappa shape index (κ1) is 20.9. The first-order chi connectivity index (χ1) is 15.0. The summed E-state index contributed by atoms with van der Waals surface area (Å²) in [4.78, 5) is 15.2. The Bertz CT molecular complexity index is 1060. The molecule has 6 nitrogen and oxygen atoms in total. The highest BCUT2D eigenvalue weighted by atomic mass is 16.5. The summed E-state index contributed by atoms with van der Waals surface area (Å²) in [6, 6.07) is 19.5. The lowest BCUT2D eigenvalue weighted by atomic mass is 10.0. The lowest BCUT2D eigenvalue weighted by molar-refractivity contribution is -0.134. The summed E-state index contributed by atoms with van der Waals surface area (Å²) in [5.74, 6) is 1.47. The highest BCUT2D eigenvalue weighted by Gasteiger charge is 2.35. The van der Waals surface area contributed by atoms with E-state index in [1.807, 2.05) is 60.5 Å². The van der Waals surface area contributed by atoms with Gasteiger partial charge >= 0.3 is 0 Å². The number of carbonyl (C=O) groups is 1. The Kier molecular flexibility index (Phi) is 6.18. The zero-order valence-corrected chi connectivity index (χ0v) is 18.1. The Morgan fingerprint density at radius 3 is 2.61 bits per heavy atom. The third-order valence-corrected chi connectivity index (χ3v) is 5.57. The summed E-state index contributed by atoms with van der Waals surface area (Å²) in [6.45, 7) is 3.06. The van der Waals surface area contributed by atoms with Crippen molar-refractivity contribution < 1.29 is 13.9 Å². The summed E-state index contributed by atoms with van der Waals surface area (Å²) >= 11 is 0. The lowest BCUT2D eigenvalue weighted by Gasteiger charge is -2.23. The maximum absolute atomic E-state index is 13.2. The van der Waals surface area contributed by atoms with Crippen molar-refractivity contribution in [3.05, 3.63) is 89.4 Å². The number of methoxy groups -OCH3 is 1. The molecule has 31 heavy (non-hydrogen) atoms. The molecule has 0 saturated heterocycles. The fraction of sp³-hybridized carbons (Fsp3) is 0.280. The molecule has 0 unspecified atom stereocenters. The molecule has 160 valence electrons. The van der Waals surface area contributed by atoms with Crippen LogP contribution in [-0.2, 0) is 11.3 Å². The van der Waals surface area contributed by atoms with Gasteiger partial charge in [0.25, 0.3) is 5.91 Å². The van der Waals surface area contributed by atoms with E-state index < -0.39 is 0 Å². The summed E-state index contributed by atoms with van der Waals surface area (Å²) in [7, 11) is 3.60. The predicted molar refractivity (Wildman–Crippen MR) is 120 cm³/mol. The molecule has 0 spiro atoms. The van der Waals surface area contributed by atoms with Gasteiger partial charge in [0, 0.05) is 13.0 Å². The van der Waals surface area contributed by atoms with Gasteiger partial charge in [-0.3, -0.25) is 9.69 Å². The second-order valence-electron chi connectivity index (χ2n) is 7.85. The zero-order chi connectivity index (χ0) is 21.8. The number of furan rings is 1. The summed E-state index contributed by atoms with van der Waals surface area (Å²) in [5.41, 5.74) is 4.26. The second-order valence-corrected chi connectivity index (χ2v) is 7.85. The molecule has 2 aromatic carbocycles. The number of ether oxygens (including phenoxy) is 1. The average molecular weight is 418 g/mol. The number of aryl methyl sites for hydroxylation is 1. The van der Waals surface area contributed by atoms with Crippen molar-refractivity contribution in [2.75, 3.05) is 20.7 Å². The quantitative estimate of drug-likeness (QED) is 0.572. The minimum absolute atomic E-state index is 0.0546. The minimum Gasteiger partial charge on any atom is -0.497 e. The van der Waals surface area contributed by atoms with Gasteiger partial charge in [0.2, 0.25) is 0 Å². The molecule has 1 aliphatic heterocycles. The largest absolute Gasteiger partial charge is 0.497 e. The van der Waals surface area contributed by atoms with E-state index >= 15 is 0 Å². The molecule has 0 fully saturated rings. The first-order valence-corrected chi connectivity index (χ1v) is 10.4. The van der Waals surface area contributed by atoms with Gasteiger partial charge < -0.3 is 9.15 Å². The Labute approximate surface area is 182 Å². The normalized spacial score (nSPS) is 15.9. The molecule has 0 radical (unpaired) electrons. The summed E-state index contributed by atoms with van der Waals surface area (Å²) < 4.78 is 10.9. The van der Waals surface area contributed by atoms with E-state index in [0.29, 0.717) is 13.0 Å². The molecule has 6 heteroatoms. The molecule has 1 amide bonds. The number of amides is 1. The van der Waals surface area contributed by atoms with E-state index in [2.05, 4.69) is 19.1 Å². The van der Waals surface area contributed by atoms with Crippen LogP contribution in [0.1, 0.15) is 34.9 Å². The van der Waals surface area contributed by atoms with E-state index in [1.165, 1.54) is 11.1 Å². The Morgan fingerprint density at radius 2 is 1.94 bits per heavy atom. The summed E-state index contributed by atoms with van der Waals surface area (Å²) in [6.07, 6.45) is 2.24. The molecule has 4 rings (SSSR count). The third-order valence-electron chi connectivity index (χ3n) is 5.57. The van der Waals surface area contributed by atoms with Crippen LogP contribution in [0.25, 0.3) is 0 Å². The van der Waals surface area contributed by atoms with Crippen LogP contribution >= 0.6 is 0 Å². The van der Waals surface area contributed by atoms with Crippen molar-refractivity contribution in [3.63, 3.8) is 0 Å². The zero-order valence-electron chi connectivity index (χ0n) is 18.1. The van der Waals surface area contributed by atoms with Crippen molar-refractivity contribution in [1.82, 2.24) is 9.91 Å². The number of carbonyl (C=O) groups excluding carboxylic acids is 1. The van der Waals surface area contributed by atoms with Crippen molar-refractivity contribution in [3.8, 4) is 5.75 Å². The third kappa shape index (κ3) is 4.70. The molecule has 0 aliphatic carbocycles. The molecular weight excluding hydrogens is 390 g/mol. The molecule has 2 heterocycles. The van der Waals surface area contributed by atoms with Crippen LogP contribution in [-0.4, -0.2) is 42.2 Å². The smallest absolute Gasteiger partial charge is 0.257 e. The van der Waals surface area contributed by atoms with E-state index in [0.717, 1.165) is 22.8 Å². The molecule has 3 aromatic rings. The molecule has 1 aliphatic rings. The SMILES string of the molecule is COc1ccc(C2=NN(C(=O)CN(C)Cc3ccccc3C)[C@H](c3ccco3)C2)cc1. The van der Waals surface area contributed by atoms with Crippen molar-refractivity contribution in [2.45, 2.75) is 25.9 Å². The van der Waals surface area contributed by atoms with Crippen molar-refractivity contribution >= 4 is 11.6 Å². The minimum atomic E-state index is -0.244. The van der Waals surface area contributed by atoms with Crippen LogP contribution in [0.4, 0.5) is 0 Å². The molecule has 0 saturated carbocycles. The van der Waals surface area contributed by atoms with Crippen LogP contribution in [0.5, 0.6) is 5.75 Å². The Balaban J connectivity index is 1.52. The monoisotopic (exact) mass is 417 g/mol. The van der Waals surface area contributed by atoms with E-state index in [9.17, 15) is 4.79 Å². The van der Waals surface area contributed by atoms with Gasteiger partial charge in [0.05, 0.1) is 25.6 Å². The molecule has 0 N–H and O–H groups in total. The fourth-order valence-corrected chi connectivity index (χ4v) is 3.84. The van der Waals surface area contributed by atoms with Crippen LogP contribution in [0.15, 0.2) is 76.4 Å². The van der Waals surface area contributed by atoms with Gasteiger partial charge in [-0.05, 0) is 67.1 Å². The highest BCUT2D eigenvalue weighted by molar-refractivity contribution is 6.03. The van der Waals surface area contributed by atoms with Crippen LogP contribution in [0.3, 0.4) is 0 Å². The van der Waals surface area contributed by atoms with Crippen LogP contribution in [0.2, 0.25) is 0 Å². The summed E-state index contributed by atoms with van der Waals surface area (Å²) in [5, 5.41) is 6.28. The van der Waals surface area contributed by atoms with E-state index in [-0.39, 0.29) is 18.5 Å². The number of rotatable bonds is 7. The van der Waals surface area contributed by atoms with E-state index in [4.69, 9.17) is 14.3 Å². The van der Waals surface area contributed by atoms with Gasteiger partial charge in [-0.2, -0.15) is 5.10 Å². The van der Waals surface area contributed by atoms with Crippen LogP contribution in [0, 0.1) is 6.92 Å². The number of likely N-dealkylation sites (N-methyl/N-ethyl adjacent to an activating group) is 1. The van der Waals surface area contributed by atoms with Crippen molar-refractivity contribution in [1.29, 1.82) is 0 Å². The number of hydrogen-bond donors (Lipinski definition) is 0. The highest BCUT2D eigenvalue weighted by Crippen LogP contribution is 2.33. The number of benzene rings is 2. The van der Waals surface area contributed by atoms with Crippen LogP contribution < -0.4 is 4.74 Å². The predicted octanol–water partition coefficient (Wildman–Crippen LogP) is 4.41. The van der Waals surface area contributed by atoms with Gasteiger partial charge in [-0.15, -0.1) is 0 Å². The topological polar surface area (TPSA) is 58.3 Å². The number of nitrogens with zero attached hydrogens (tertiary/aromatic N) is 3. The van der Waals surface area contributed by atoms with Gasteiger partial charge in [0.15, 0.2) is 0 Å². The number of hydrogen-bond acceptors (Lipinski definition) is 5. The maximum atomic E-state index is 13.2. The maximum Gasteiger partial charge on any atom is 0.257 e. The van der Waals surface area contributed by atoms with Gasteiger partial charge in [0.1, 0.15) is 17.6 Å². The first-order valence-electron chi connectivity index (χ1n) is 10.4. The molecule has 0 bridgehead atoms. The second kappa shape index (κ2) is 9.18. The molecule has 1 atom stereocenters. The van der Waals surface area contributed by atoms with Gasteiger partial charge in [-0.1, -0.05) is 24.3 Å². The van der Waals surface area contributed by atoms with Crippen molar-refractivity contribution in [2.24, 2.45) is 5.10 Å². The number of hydrazone groups is 1. The molecule has 1 aromatic heterocycles. The standard InChI is InChI=1S/C25H27N3O3/c1-18-7-4-5-8-20(18)16-27(2)17-25(29)28-23(24-9-6-14-31-24)15-22(26-28)19-10-12-21(30-3)13-11-19/h4-14,23H,15-17H2,1-3H3/t23-/m0/s1. The lowest BCUT2D eigenvalue weighted by Crippen LogP contribution is -2.36. The van der Waals surface area contributed by atoms with E-state index in [1.54, 1.807) is 18.4 Å². The fourth-order valence-electron chi connectivity index (χ4n) is 3.84. The average Bonchev–Trinajstić information content (AvgIpc) is 3.45. The molecular formula is C25H27N3O3. The van der Waals surface area contributed by atoms with Gasteiger partial charge in [-0.25, -0.2) is 5.01 Å². The Hall–Kier alpha value is -3.38. The Morgan fingerprint density at radius 1 is 1.16 bits per heavy atom.